The molecule has 19 heavy (non-hydrogen) atoms. The third-order valence-electron chi connectivity index (χ3n) is 3.97. The van der Waals surface area contributed by atoms with Crippen molar-refractivity contribution < 1.29 is 0 Å². The van der Waals surface area contributed by atoms with Crippen molar-refractivity contribution in [3.05, 3.63) is 28.2 Å². The summed E-state index contributed by atoms with van der Waals surface area (Å²) in [6.45, 7) is 13.5. The smallest absolute Gasteiger partial charge is 0.0387 e. The lowest BCUT2D eigenvalue weighted by molar-refractivity contribution is 0.239. The molecule has 0 aromatic heterocycles. The molecule has 2 atom stereocenters. The van der Waals surface area contributed by atoms with E-state index in [0.29, 0.717) is 17.5 Å². The van der Waals surface area contributed by atoms with Gasteiger partial charge in [0.2, 0.25) is 0 Å². The number of hydrogen-bond donors (Lipinski definition) is 1. The molecule has 2 rings (SSSR count). The van der Waals surface area contributed by atoms with Crippen LogP contribution in [0, 0.1) is 12.3 Å². The van der Waals surface area contributed by atoms with E-state index in [-0.39, 0.29) is 0 Å². The van der Waals surface area contributed by atoms with E-state index >= 15 is 0 Å². The zero-order valence-corrected chi connectivity index (χ0v) is 14.2. The van der Waals surface area contributed by atoms with Crippen molar-refractivity contribution in [1.29, 1.82) is 0 Å². The minimum absolute atomic E-state index is 0.291. The van der Waals surface area contributed by atoms with E-state index in [1.54, 1.807) is 0 Å². The Kier molecular flexibility index (Phi) is 4.26. The third-order valence-corrected chi connectivity index (χ3v) is 4.43. The molecule has 0 amide bonds. The summed E-state index contributed by atoms with van der Waals surface area (Å²) in [7, 11) is 0. The van der Waals surface area contributed by atoms with E-state index in [9.17, 15) is 0 Å². The lowest BCUT2D eigenvalue weighted by Gasteiger charge is -2.45. The molecule has 1 aromatic carbocycles. The first-order chi connectivity index (χ1) is 8.77. The highest BCUT2D eigenvalue weighted by Gasteiger charge is 2.32. The Morgan fingerprint density at radius 2 is 1.95 bits per heavy atom. The Bertz CT molecular complexity index is 430. The second-order valence-electron chi connectivity index (χ2n) is 6.82. The van der Waals surface area contributed by atoms with Crippen LogP contribution in [0.3, 0.4) is 0 Å². The van der Waals surface area contributed by atoms with Gasteiger partial charge in [-0.2, -0.15) is 0 Å². The highest BCUT2D eigenvalue weighted by atomic mass is 79.9. The molecule has 1 aliphatic rings. The van der Waals surface area contributed by atoms with Gasteiger partial charge < -0.3 is 10.2 Å². The maximum atomic E-state index is 3.68. The molecule has 0 bridgehead atoms. The Morgan fingerprint density at radius 1 is 1.26 bits per heavy atom. The summed E-state index contributed by atoms with van der Waals surface area (Å²) in [6.07, 6.45) is 0. The summed E-state index contributed by atoms with van der Waals surface area (Å²) >= 11 is 3.61. The number of nitrogens with one attached hydrogen (secondary N) is 1. The average molecular weight is 325 g/mol. The predicted octanol–water partition coefficient (Wildman–Crippen LogP) is 3.97. The van der Waals surface area contributed by atoms with Gasteiger partial charge in [0.05, 0.1) is 0 Å². The van der Waals surface area contributed by atoms with E-state index in [4.69, 9.17) is 0 Å². The zero-order chi connectivity index (χ0) is 14.2. The molecule has 0 saturated carbocycles. The lowest BCUT2D eigenvalue weighted by atomic mass is 9.84. The molecular formula is C16H25BrN2. The maximum absolute atomic E-state index is 3.68. The summed E-state index contributed by atoms with van der Waals surface area (Å²) in [5, 5.41) is 3.68. The van der Waals surface area contributed by atoms with Gasteiger partial charge in [-0.25, -0.2) is 0 Å². The van der Waals surface area contributed by atoms with Gasteiger partial charge in [0.1, 0.15) is 0 Å². The number of anilines is 1. The second kappa shape index (κ2) is 5.45. The summed E-state index contributed by atoms with van der Waals surface area (Å²) in [5.41, 5.74) is 2.93. The first-order valence-corrected chi connectivity index (χ1v) is 7.84. The molecule has 1 heterocycles. The van der Waals surface area contributed by atoms with Crippen molar-refractivity contribution in [2.24, 2.45) is 5.41 Å². The topological polar surface area (TPSA) is 15.3 Å². The number of piperazine rings is 1. The predicted molar refractivity (Wildman–Crippen MR) is 86.9 cm³/mol. The van der Waals surface area contributed by atoms with Gasteiger partial charge in [0.25, 0.3) is 0 Å². The molecule has 106 valence electrons. The molecule has 3 heteroatoms. The quantitative estimate of drug-likeness (QED) is 0.840. The number of halogens is 1. The molecule has 0 aliphatic carbocycles. The van der Waals surface area contributed by atoms with Crippen molar-refractivity contribution in [3.8, 4) is 0 Å². The van der Waals surface area contributed by atoms with Crippen LogP contribution in [0.1, 0.15) is 33.3 Å². The molecule has 1 fully saturated rings. The molecule has 1 aliphatic heterocycles. The van der Waals surface area contributed by atoms with Crippen LogP contribution in [0.2, 0.25) is 0 Å². The van der Waals surface area contributed by atoms with Crippen LogP contribution >= 0.6 is 15.9 Å². The SMILES string of the molecule is Cc1cc(Br)cc(N2CC(C(C)(C)C)NCC2C)c1. The summed E-state index contributed by atoms with van der Waals surface area (Å²) in [4.78, 5) is 2.53. The minimum atomic E-state index is 0.291. The van der Waals surface area contributed by atoms with Crippen molar-refractivity contribution in [1.82, 2.24) is 5.32 Å². The highest BCUT2D eigenvalue weighted by molar-refractivity contribution is 9.10. The average Bonchev–Trinajstić information content (AvgIpc) is 2.26. The Balaban J connectivity index is 2.26. The Hall–Kier alpha value is -0.540. The fraction of sp³-hybridized carbons (Fsp3) is 0.625. The highest BCUT2D eigenvalue weighted by Crippen LogP contribution is 2.29. The minimum Gasteiger partial charge on any atom is -0.366 e. The van der Waals surface area contributed by atoms with E-state index in [2.05, 4.69) is 79.0 Å². The number of hydrogen-bond acceptors (Lipinski definition) is 2. The van der Waals surface area contributed by atoms with E-state index < -0.39 is 0 Å². The molecule has 1 aromatic rings. The van der Waals surface area contributed by atoms with Crippen LogP contribution in [-0.4, -0.2) is 25.2 Å². The number of aryl methyl sites for hydroxylation is 1. The van der Waals surface area contributed by atoms with Crippen LogP contribution in [0.15, 0.2) is 22.7 Å². The molecular weight excluding hydrogens is 300 g/mol. The van der Waals surface area contributed by atoms with Crippen molar-refractivity contribution in [3.63, 3.8) is 0 Å². The van der Waals surface area contributed by atoms with Crippen LogP contribution in [0.25, 0.3) is 0 Å². The van der Waals surface area contributed by atoms with Crippen molar-refractivity contribution in [2.75, 3.05) is 18.0 Å². The maximum Gasteiger partial charge on any atom is 0.0387 e. The van der Waals surface area contributed by atoms with Gasteiger partial charge in [0.15, 0.2) is 0 Å². The Morgan fingerprint density at radius 3 is 2.53 bits per heavy atom. The lowest BCUT2D eigenvalue weighted by Crippen LogP contribution is -2.59. The van der Waals surface area contributed by atoms with E-state index in [1.807, 2.05) is 0 Å². The van der Waals surface area contributed by atoms with E-state index in [0.717, 1.165) is 13.1 Å². The molecule has 0 spiro atoms. The van der Waals surface area contributed by atoms with Crippen LogP contribution in [0.4, 0.5) is 5.69 Å². The fourth-order valence-corrected chi connectivity index (χ4v) is 3.28. The van der Waals surface area contributed by atoms with Gasteiger partial charge in [-0.15, -0.1) is 0 Å². The normalized spacial score (nSPS) is 24.6. The van der Waals surface area contributed by atoms with Crippen molar-refractivity contribution >= 4 is 21.6 Å². The van der Waals surface area contributed by atoms with Gasteiger partial charge in [-0.3, -0.25) is 0 Å². The van der Waals surface area contributed by atoms with Gasteiger partial charge in [0, 0.05) is 35.3 Å². The molecule has 2 unspecified atom stereocenters. The molecule has 2 nitrogen and oxygen atoms in total. The third kappa shape index (κ3) is 3.51. The number of nitrogens with zero attached hydrogens (tertiary/aromatic N) is 1. The number of rotatable bonds is 1. The first-order valence-electron chi connectivity index (χ1n) is 7.04. The van der Waals surface area contributed by atoms with Crippen LogP contribution in [0.5, 0.6) is 0 Å². The summed E-state index contributed by atoms with van der Waals surface area (Å²) in [5.74, 6) is 0. The fourth-order valence-electron chi connectivity index (χ4n) is 2.69. The first kappa shape index (κ1) is 14.9. The summed E-state index contributed by atoms with van der Waals surface area (Å²) < 4.78 is 1.17. The van der Waals surface area contributed by atoms with E-state index in [1.165, 1.54) is 15.7 Å². The van der Waals surface area contributed by atoms with Crippen molar-refractivity contribution in [2.45, 2.75) is 46.7 Å². The number of benzene rings is 1. The standard InChI is InChI=1S/C16H25BrN2/c1-11-6-13(17)8-14(7-11)19-10-15(16(3,4)5)18-9-12(19)2/h6-8,12,15,18H,9-10H2,1-5H3. The zero-order valence-electron chi connectivity index (χ0n) is 12.6. The van der Waals surface area contributed by atoms with Gasteiger partial charge in [-0.05, 0) is 43.0 Å². The molecule has 1 N–H and O–H groups in total. The largest absolute Gasteiger partial charge is 0.366 e. The summed E-state index contributed by atoms with van der Waals surface area (Å²) in [6, 6.07) is 7.74. The Labute approximate surface area is 125 Å². The van der Waals surface area contributed by atoms with Crippen LogP contribution in [-0.2, 0) is 0 Å². The van der Waals surface area contributed by atoms with Crippen LogP contribution < -0.4 is 10.2 Å². The van der Waals surface area contributed by atoms with Gasteiger partial charge >= 0.3 is 0 Å². The molecule has 1 saturated heterocycles. The molecule has 0 radical (unpaired) electrons. The second-order valence-corrected chi connectivity index (χ2v) is 7.73. The van der Waals surface area contributed by atoms with Gasteiger partial charge in [-0.1, -0.05) is 36.7 Å². The monoisotopic (exact) mass is 324 g/mol.